The van der Waals surface area contributed by atoms with Gasteiger partial charge in [0.25, 0.3) is 0 Å². The van der Waals surface area contributed by atoms with Crippen LogP contribution in [0.5, 0.6) is 0 Å². The van der Waals surface area contributed by atoms with Crippen LogP contribution >= 0.6 is 0 Å². The number of rotatable bonds is 8. The van der Waals surface area contributed by atoms with Gasteiger partial charge in [0, 0.05) is 58.2 Å². The van der Waals surface area contributed by atoms with Crippen LogP contribution in [0.15, 0.2) is 46.3 Å². The molecule has 9 heteroatoms. The van der Waals surface area contributed by atoms with Crippen LogP contribution in [0.1, 0.15) is 19.6 Å². The number of aromatic nitrogens is 2. The molecular weight excluding hydrogens is 370 g/mol. The van der Waals surface area contributed by atoms with Gasteiger partial charge in [-0.3, -0.25) is 4.90 Å². The first-order valence-electron chi connectivity index (χ1n) is 10.1. The van der Waals surface area contributed by atoms with Crippen LogP contribution in [-0.2, 0) is 5.60 Å². The van der Waals surface area contributed by atoms with Crippen molar-refractivity contribution in [2.75, 3.05) is 57.3 Å². The lowest BCUT2D eigenvalue weighted by molar-refractivity contribution is 0.0437. The van der Waals surface area contributed by atoms with Gasteiger partial charge < -0.3 is 25.1 Å². The minimum absolute atomic E-state index is 0.214. The number of anilines is 1. The number of hydrogen-bond donors (Lipinski definition) is 3. The summed E-state index contributed by atoms with van der Waals surface area (Å²) in [6.45, 7) is 10.2. The van der Waals surface area contributed by atoms with Crippen LogP contribution < -0.4 is 15.5 Å². The fourth-order valence-electron chi connectivity index (χ4n) is 3.20. The molecule has 0 saturated carbocycles. The first kappa shape index (κ1) is 21.1. The highest BCUT2D eigenvalue weighted by atomic mass is 16.4. The molecule has 0 bridgehead atoms. The SMILES string of the molecule is CCNC(=NCC(C)(O)c1ccco1)NCCN1CCN(c2ncccn2)CC1. The second-order valence-corrected chi connectivity index (χ2v) is 7.25. The van der Waals surface area contributed by atoms with Gasteiger partial charge in [0.15, 0.2) is 5.96 Å². The Morgan fingerprint density at radius 3 is 2.62 bits per heavy atom. The maximum absolute atomic E-state index is 10.6. The Morgan fingerprint density at radius 1 is 1.21 bits per heavy atom. The molecule has 2 aromatic heterocycles. The molecule has 1 fully saturated rings. The maximum Gasteiger partial charge on any atom is 0.225 e. The van der Waals surface area contributed by atoms with Crippen LogP contribution in [0.3, 0.4) is 0 Å². The van der Waals surface area contributed by atoms with E-state index in [0.29, 0.717) is 11.7 Å². The van der Waals surface area contributed by atoms with Crippen molar-refractivity contribution >= 4 is 11.9 Å². The summed E-state index contributed by atoms with van der Waals surface area (Å²) in [5.41, 5.74) is -1.14. The number of aliphatic hydroxyl groups is 1. The van der Waals surface area contributed by atoms with E-state index in [2.05, 4.69) is 35.4 Å². The first-order chi connectivity index (χ1) is 14.1. The third-order valence-corrected chi connectivity index (χ3v) is 4.87. The van der Waals surface area contributed by atoms with Gasteiger partial charge >= 0.3 is 0 Å². The summed E-state index contributed by atoms with van der Waals surface area (Å²) >= 11 is 0. The summed E-state index contributed by atoms with van der Waals surface area (Å²) in [7, 11) is 0. The molecule has 1 aliphatic heterocycles. The van der Waals surface area contributed by atoms with Crippen molar-refractivity contribution in [2.45, 2.75) is 19.4 Å². The summed E-state index contributed by atoms with van der Waals surface area (Å²) in [5.74, 6) is 2.00. The van der Waals surface area contributed by atoms with Gasteiger partial charge in [0.2, 0.25) is 5.95 Å². The highest BCUT2D eigenvalue weighted by Crippen LogP contribution is 2.21. The van der Waals surface area contributed by atoms with Crippen molar-refractivity contribution in [2.24, 2.45) is 4.99 Å². The summed E-state index contributed by atoms with van der Waals surface area (Å²) in [6.07, 6.45) is 5.12. The minimum atomic E-state index is -1.14. The van der Waals surface area contributed by atoms with Gasteiger partial charge in [-0.15, -0.1) is 0 Å². The van der Waals surface area contributed by atoms with Gasteiger partial charge in [0.05, 0.1) is 12.8 Å². The predicted octanol–water partition coefficient (Wildman–Crippen LogP) is 0.654. The van der Waals surface area contributed by atoms with E-state index in [1.54, 1.807) is 37.7 Å². The smallest absolute Gasteiger partial charge is 0.225 e. The number of furan rings is 1. The largest absolute Gasteiger partial charge is 0.466 e. The van der Waals surface area contributed by atoms with E-state index in [1.165, 1.54) is 0 Å². The molecule has 0 spiro atoms. The lowest BCUT2D eigenvalue weighted by Crippen LogP contribution is -2.49. The zero-order valence-corrected chi connectivity index (χ0v) is 17.2. The molecule has 3 N–H and O–H groups in total. The molecule has 1 unspecified atom stereocenters. The predicted molar refractivity (Wildman–Crippen MR) is 113 cm³/mol. The van der Waals surface area contributed by atoms with Crippen molar-refractivity contribution in [3.63, 3.8) is 0 Å². The maximum atomic E-state index is 10.6. The molecule has 3 rings (SSSR count). The molecule has 0 amide bonds. The standard InChI is InChI=1S/C20H31N7O2/c1-3-21-18(25-16-20(2,28)17-6-4-15-29-17)22-9-10-26-11-13-27(14-12-26)19-23-7-5-8-24-19/h4-8,15,28H,3,9-14,16H2,1-2H3,(H2,21,22,25). The molecule has 1 aliphatic rings. The zero-order valence-electron chi connectivity index (χ0n) is 17.2. The topological polar surface area (TPSA) is 102 Å². The fourth-order valence-corrected chi connectivity index (χ4v) is 3.20. The lowest BCUT2D eigenvalue weighted by Gasteiger charge is -2.34. The number of nitrogens with one attached hydrogen (secondary N) is 2. The van der Waals surface area contributed by atoms with E-state index in [-0.39, 0.29) is 6.54 Å². The van der Waals surface area contributed by atoms with Crippen LogP contribution in [0, 0.1) is 0 Å². The highest BCUT2D eigenvalue weighted by molar-refractivity contribution is 5.79. The van der Waals surface area contributed by atoms with Crippen molar-refractivity contribution in [1.29, 1.82) is 0 Å². The van der Waals surface area contributed by atoms with Gasteiger partial charge in [-0.05, 0) is 32.0 Å². The van der Waals surface area contributed by atoms with Crippen molar-refractivity contribution in [3.8, 4) is 0 Å². The molecule has 0 aromatic carbocycles. The average Bonchev–Trinajstić information content (AvgIpc) is 3.29. The normalized spacial score (nSPS) is 17.8. The van der Waals surface area contributed by atoms with Crippen molar-refractivity contribution in [1.82, 2.24) is 25.5 Å². The summed E-state index contributed by atoms with van der Waals surface area (Å²) in [5, 5.41) is 17.1. The summed E-state index contributed by atoms with van der Waals surface area (Å²) in [4.78, 5) is 17.8. The third kappa shape index (κ3) is 6.16. The molecule has 158 valence electrons. The highest BCUT2D eigenvalue weighted by Gasteiger charge is 2.26. The Balaban J connectivity index is 1.43. The Bertz CT molecular complexity index is 741. The molecule has 2 aromatic rings. The summed E-state index contributed by atoms with van der Waals surface area (Å²) < 4.78 is 5.31. The van der Waals surface area contributed by atoms with Crippen LogP contribution in [-0.4, -0.2) is 78.3 Å². The van der Waals surface area contributed by atoms with Crippen molar-refractivity contribution < 1.29 is 9.52 Å². The van der Waals surface area contributed by atoms with Crippen molar-refractivity contribution in [3.05, 3.63) is 42.6 Å². The van der Waals surface area contributed by atoms with Gasteiger partial charge in [-0.1, -0.05) is 0 Å². The van der Waals surface area contributed by atoms with E-state index in [1.807, 2.05) is 13.0 Å². The number of nitrogens with zero attached hydrogens (tertiary/aromatic N) is 5. The molecular formula is C20H31N7O2. The molecule has 1 saturated heterocycles. The van der Waals surface area contributed by atoms with E-state index >= 15 is 0 Å². The van der Waals surface area contributed by atoms with Gasteiger partial charge in [-0.2, -0.15) is 0 Å². The Kier molecular flexibility index (Phi) is 7.42. The third-order valence-electron chi connectivity index (χ3n) is 4.87. The monoisotopic (exact) mass is 401 g/mol. The first-order valence-corrected chi connectivity index (χ1v) is 10.1. The molecule has 0 radical (unpaired) electrons. The Hall–Kier alpha value is -2.65. The van der Waals surface area contributed by atoms with Crippen LogP contribution in [0.25, 0.3) is 0 Å². The van der Waals surface area contributed by atoms with E-state index in [9.17, 15) is 5.11 Å². The lowest BCUT2D eigenvalue weighted by atomic mass is 10.0. The zero-order chi connectivity index (χ0) is 20.5. The second kappa shape index (κ2) is 10.2. The molecule has 9 nitrogen and oxygen atoms in total. The van der Waals surface area contributed by atoms with E-state index < -0.39 is 5.60 Å². The summed E-state index contributed by atoms with van der Waals surface area (Å²) in [6, 6.07) is 5.36. The number of aliphatic imine (C=N–C) groups is 1. The fraction of sp³-hybridized carbons (Fsp3) is 0.550. The average molecular weight is 402 g/mol. The Labute approximate surface area is 171 Å². The quantitative estimate of drug-likeness (QED) is 0.438. The second-order valence-electron chi connectivity index (χ2n) is 7.25. The molecule has 3 heterocycles. The number of hydrogen-bond acceptors (Lipinski definition) is 7. The Morgan fingerprint density at radius 2 is 1.97 bits per heavy atom. The number of piperazine rings is 1. The van der Waals surface area contributed by atoms with E-state index in [0.717, 1.165) is 51.8 Å². The number of guanidine groups is 1. The van der Waals surface area contributed by atoms with E-state index in [4.69, 9.17) is 4.42 Å². The molecule has 1 atom stereocenters. The van der Waals surface area contributed by atoms with Crippen LogP contribution in [0.4, 0.5) is 5.95 Å². The van der Waals surface area contributed by atoms with Gasteiger partial charge in [-0.25, -0.2) is 15.0 Å². The van der Waals surface area contributed by atoms with Gasteiger partial charge in [0.1, 0.15) is 11.4 Å². The van der Waals surface area contributed by atoms with Crippen LogP contribution in [0.2, 0.25) is 0 Å². The molecule has 29 heavy (non-hydrogen) atoms. The minimum Gasteiger partial charge on any atom is -0.466 e. The molecule has 0 aliphatic carbocycles.